The average Bonchev–Trinajstić information content (AvgIpc) is 2.29. The van der Waals surface area contributed by atoms with Crippen molar-refractivity contribution in [1.29, 1.82) is 0 Å². The Balaban J connectivity index is 2.21. The predicted octanol–water partition coefficient (Wildman–Crippen LogP) is 3.43. The summed E-state index contributed by atoms with van der Waals surface area (Å²) in [5.74, 6) is 0.444. The quantitative estimate of drug-likeness (QED) is 0.600. The third-order valence-electron chi connectivity index (χ3n) is 2.41. The van der Waals surface area contributed by atoms with Gasteiger partial charge in [-0.2, -0.15) is 0 Å². The molecule has 1 rings (SSSR count). The number of amides is 1. The minimum atomic E-state index is -0.0173. The predicted molar refractivity (Wildman–Crippen MR) is 69.0 cm³/mol. The van der Waals surface area contributed by atoms with E-state index in [0.29, 0.717) is 17.4 Å². The van der Waals surface area contributed by atoms with Crippen molar-refractivity contribution in [3.63, 3.8) is 0 Å². The van der Waals surface area contributed by atoms with E-state index in [4.69, 9.17) is 11.6 Å². The summed E-state index contributed by atoms with van der Waals surface area (Å²) in [6.45, 7) is 2.17. The van der Waals surface area contributed by atoms with Crippen LogP contribution in [0.15, 0.2) is 12.4 Å². The van der Waals surface area contributed by atoms with Crippen LogP contribution in [0.4, 0.5) is 5.82 Å². The summed E-state index contributed by atoms with van der Waals surface area (Å²) < 4.78 is 0. The molecule has 1 N–H and O–H groups in total. The van der Waals surface area contributed by atoms with Gasteiger partial charge < -0.3 is 5.32 Å². The van der Waals surface area contributed by atoms with E-state index in [0.717, 1.165) is 12.8 Å². The maximum absolute atomic E-state index is 11.5. The number of nitrogens with zero attached hydrogens (tertiary/aromatic N) is 2. The molecule has 1 amide bonds. The van der Waals surface area contributed by atoms with E-state index in [1.54, 1.807) is 0 Å². The number of halogens is 1. The monoisotopic (exact) mass is 255 g/mol. The molecule has 0 aromatic carbocycles. The van der Waals surface area contributed by atoms with Gasteiger partial charge in [-0.15, -0.1) is 0 Å². The summed E-state index contributed by atoms with van der Waals surface area (Å²) in [4.78, 5) is 19.2. The molecule has 4 nitrogen and oxygen atoms in total. The molecule has 94 valence electrons. The Morgan fingerprint density at radius 2 is 2.06 bits per heavy atom. The van der Waals surface area contributed by atoms with Gasteiger partial charge >= 0.3 is 0 Å². The van der Waals surface area contributed by atoms with Crippen molar-refractivity contribution in [3.8, 4) is 0 Å². The highest BCUT2D eigenvalue weighted by molar-refractivity contribution is 6.29. The second-order valence-electron chi connectivity index (χ2n) is 3.94. The number of hydrogen-bond acceptors (Lipinski definition) is 3. The van der Waals surface area contributed by atoms with Crippen molar-refractivity contribution in [1.82, 2.24) is 9.97 Å². The van der Waals surface area contributed by atoms with Crippen LogP contribution in [-0.2, 0) is 4.79 Å². The Morgan fingerprint density at radius 3 is 2.76 bits per heavy atom. The number of anilines is 1. The summed E-state index contributed by atoms with van der Waals surface area (Å²) in [5.41, 5.74) is 0. The zero-order valence-corrected chi connectivity index (χ0v) is 10.8. The Hall–Kier alpha value is -1.16. The van der Waals surface area contributed by atoms with E-state index in [9.17, 15) is 4.79 Å². The van der Waals surface area contributed by atoms with Crippen LogP contribution >= 0.6 is 11.6 Å². The molecule has 0 bridgehead atoms. The number of aromatic nitrogens is 2. The smallest absolute Gasteiger partial charge is 0.225 e. The lowest BCUT2D eigenvalue weighted by molar-refractivity contribution is -0.116. The van der Waals surface area contributed by atoms with E-state index in [2.05, 4.69) is 22.2 Å². The minimum Gasteiger partial charge on any atom is -0.311 e. The molecule has 1 aromatic heterocycles. The summed E-state index contributed by atoms with van der Waals surface area (Å²) >= 11 is 5.69. The Kier molecular flexibility index (Phi) is 6.55. The first kappa shape index (κ1) is 13.9. The molecule has 0 radical (unpaired) electrons. The van der Waals surface area contributed by atoms with Gasteiger partial charge in [-0.3, -0.25) is 4.79 Å². The van der Waals surface area contributed by atoms with Gasteiger partial charge in [-0.1, -0.05) is 44.2 Å². The van der Waals surface area contributed by atoms with E-state index in [-0.39, 0.29) is 5.91 Å². The van der Waals surface area contributed by atoms with Crippen LogP contribution in [-0.4, -0.2) is 15.9 Å². The van der Waals surface area contributed by atoms with Crippen LogP contribution in [0.1, 0.15) is 45.4 Å². The Bertz CT molecular complexity index is 357. The molecule has 0 aliphatic heterocycles. The van der Waals surface area contributed by atoms with Crippen molar-refractivity contribution in [2.75, 3.05) is 5.32 Å². The number of nitrogens with one attached hydrogen (secondary N) is 1. The van der Waals surface area contributed by atoms with E-state index in [1.807, 2.05) is 0 Å². The fourth-order valence-corrected chi connectivity index (χ4v) is 1.64. The van der Waals surface area contributed by atoms with Crippen LogP contribution in [0, 0.1) is 0 Å². The fraction of sp³-hybridized carbons (Fsp3) is 0.583. The van der Waals surface area contributed by atoms with Crippen LogP contribution in [0.25, 0.3) is 0 Å². The normalized spacial score (nSPS) is 10.2. The molecule has 0 spiro atoms. The van der Waals surface area contributed by atoms with Crippen LogP contribution in [0.3, 0.4) is 0 Å². The summed E-state index contributed by atoms with van der Waals surface area (Å²) in [6.07, 6.45) is 7.54. The van der Waals surface area contributed by atoms with Crippen molar-refractivity contribution in [3.05, 3.63) is 17.5 Å². The molecule has 5 heteroatoms. The number of carbonyl (C=O) groups is 1. The summed E-state index contributed by atoms with van der Waals surface area (Å²) in [7, 11) is 0. The Labute approximate surface area is 107 Å². The van der Waals surface area contributed by atoms with Gasteiger partial charge in [0.1, 0.15) is 17.3 Å². The fourth-order valence-electron chi connectivity index (χ4n) is 1.50. The van der Waals surface area contributed by atoms with Gasteiger partial charge in [0.05, 0.1) is 0 Å². The van der Waals surface area contributed by atoms with E-state index in [1.165, 1.54) is 31.7 Å². The molecule has 0 atom stereocenters. The van der Waals surface area contributed by atoms with Crippen molar-refractivity contribution in [2.45, 2.75) is 45.4 Å². The van der Waals surface area contributed by atoms with Crippen molar-refractivity contribution >= 4 is 23.3 Å². The molecule has 0 fully saturated rings. The van der Waals surface area contributed by atoms with Crippen LogP contribution in [0.2, 0.25) is 5.15 Å². The number of unbranched alkanes of at least 4 members (excludes halogenated alkanes) is 4. The molecule has 0 aliphatic carbocycles. The maximum atomic E-state index is 11.5. The Morgan fingerprint density at radius 1 is 1.29 bits per heavy atom. The number of rotatable bonds is 7. The largest absolute Gasteiger partial charge is 0.311 e. The zero-order valence-electron chi connectivity index (χ0n) is 10.1. The van der Waals surface area contributed by atoms with Gasteiger partial charge in [-0.25, -0.2) is 9.97 Å². The second kappa shape index (κ2) is 8.01. The average molecular weight is 256 g/mol. The molecular weight excluding hydrogens is 238 g/mol. The van der Waals surface area contributed by atoms with Crippen molar-refractivity contribution in [2.24, 2.45) is 0 Å². The molecule has 17 heavy (non-hydrogen) atoms. The van der Waals surface area contributed by atoms with Crippen LogP contribution < -0.4 is 5.32 Å². The molecule has 0 aliphatic rings. The summed E-state index contributed by atoms with van der Waals surface area (Å²) in [5, 5.41) is 3.03. The van der Waals surface area contributed by atoms with Gasteiger partial charge in [0, 0.05) is 12.5 Å². The number of hydrogen-bond donors (Lipinski definition) is 1. The molecule has 0 saturated heterocycles. The van der Waals surface area contributed by atoms with Gasteiger partial charge in [0.2, 0.25) is 5.91 Å². The van der Waals surface area contributed by atoms with Crippen LogP contribution in [0.5, 0.6) is 0 Å². The van der Waals surface area contributed by atoms with Gasteiger partial charge in [-0.05, 0) is 6.42 Å². The van der Waals surface area contributed by atoms with E-state index >= 15 is 0 Å². The van der Waals surface area contributed by atoms with E-state index < -0.39 is 0 Å². The highest BCUT2D eigenvalue weighted by atomic mass is 35.5. The highest BCUT2D eigenvalue weighted by Crippen LogP contribution is 2.10. The minimum absolute atomic E-state index is 0.0173. The third-order valence-corrected chi connectivity index (χ3v) is 2.62. The molecule has 1 aromatic rings. The first-order valence-electron chi connectivity index (χ1n) is 5.99. The highest BCUT2D eigenvalue weighted by Gasteiger charge is 2.03. The maximum Gasteiger partial charge on any atom is 0.225 e. The lowest BCUT2D eigenvalue weighted by Crippen LogP contribution is -2.12. The molecule has 0 unspecified atom stereocenters. The van der Waals surface area contributed by atoms with Gasteiger partial charge in [0.15, 0.2) is 0 Å². The SMILES string of the molecule is CCCCCCCC(=O)Nc1cc(Cl)ncn1. The third kappa shape index (κ3) is 6.22. The lowest BCUT2D eigenvalue weighted by atomic mass is 10.1. The zero-order chi connectivity index (χ0) is 12.5. The first-order chi connectivity index (χ1) is 8.22. The number of carbonyl (C=O) groups excluding carboxylic acids is 1. The standard InChI is InChI=1S/C12H18ClN3O/c1-2-3-4-5-6-7-12(17)16-11-8-10(13)14-9-15-11/h8-9H,2-7H2,1H3,(H,14,15,16,17). The molecular formula is C12H18ClN3O. The second-order valence-corrected chi connectivity index (χ2v) is 4.33. The molecule has 0 saturated carbocycles. The summed E-state index contributed by atoms with van der Waals surface area (Å²) in [6, 6.07) is 1.54. The van der Waals surface area contributed by atoms with Gasteiger partial charge in [0.25, 0.3) is 0 Å². The first-order valence-corrected chi connectivity index (χ1v) is 6.37. The topological polar surface area (TPSA) is 54.9 Å². The lowest BCUT2D eigenvalue weighted by Gasteiger charge is -2.04. The molecule has 1 heterocycles. The van der Waals surface area contributed by atoms with Crippen molar-refractivity contribution < 1.29 is 4.79 Å².